The maximum absolute atomic E-state index is 12.3. The van der Waals surface area contributed by atoms with E-state index < -0.39 is 17.0 Å². The zero-order valence-electron chi connectivity index (χ0n) is 12.1. The van der Waals surface area contributed by atoms with Gasteiger partial charge in [-0.25, -0.2) is 13.7 Å². The fourth-order valence-electron chi connectivity index (χ4n) is 1.73. The Balaban J connectivity index is 2.79. The van der Waals surface area contributed by atoms with Gasteiger partial charge in [0, 0.05) is 5.57 Å². The quantitative estimate of drug-likeness (QED) is 0.621. The lowest BCUT2D eigenvalue weighted by Gasteiger charge is -2.18. The molecule has 0 saturated carbocycles. The maximum Gasteiger partial charge on any atom is 0.334 e. The van der Waals surface area contributed by atoms with Crippen LogP contribution in [0.1, 0.15) is 25.3 Å². The summed E-state index contributed by atoms with van der Waals surface area (Å²) in [5.74, 6) is -0.475. The maximum atomic E-state index is 12.3. The molecular formula is C15H21NO3S. The van der Waals surface area contributed by atoms with Crippen LogP contribution in [-0.4, -0.2) is 23.3 Å². The molecule has 0 radical (unpaired) electrons. The van der Waals surface area contributed by atoms with Gasteiger partial charge in [-0.1, -0.05) is 37.6 Å². The van der Waals surface area contributed by atoms with E-state index in [1.165, 1.54) is 7.11 Å². The first kappa shape index (κ1) is 16.6. The molecule has 0 amide bonds. The number of esters is 1. The highest BCUT2D eigenvalue weighted by Gasteiger charge is 2.21. The summed E-state index contributed by atoms with van der Waals surface area (Å²) in [6.45, 7) is 7.70. The highest BCUT2D eigenvalue weighted by atomic mass is 32.2. The molecule has 0 unspecified atom stereocenters. The van der Waals surface area contributed by atoms with Crippen LogP contribution in [0.2, 0.25) is 0 Å². The van der Waals surface area contributed by atoms with Gasteiger partial charge in [-0.2, -0.15) is 0 Å². The van der Waals surface area contributed by atoms with E-state index in [4.69, 9.17) is 0 Å². The predicted octanol–water partition coefficient (Wildman–Crippen LogP) is 2.51. The summed E-state index contributed by atoms with van der Waals surface area (Å²) in [5.41, 5.74) is 1.41. The summed E-state index contributed by atoms with van der Waals surface area (Å²) in [5, 5.41) is 0. The van der Waals surface area contributed by atoms with Gasteiger partial charge in [-0.05, 0) is 25.5 Å². The van der Waals surface area contributed by atoms with E-state index in [0.29, 0.717) is 16.9 Å². The summed E-state index contributed by atoms with van der Waals surface area (Å²) < 4.78 is 19.9. The number of carbonyl (C=O) groups excluding carboxylic acids is 1. The van der Waals surface area contributed by atoms with E-state index in [9.17, 15) is 9.00 Å². The van der Waals surface area contributed by atoms with Gasteiger partial charge in [-0.15, -0.1) is 0 Å². The number of hydrogen-bond acceptors (Lipinski definition) is 3. The average molecular weight is 295 g/mol. The predicted molar refractivity (Wildman–Crippen MR) is 80.6 cm³/mol. The highest BCUT2D eigenvalue weighted by molar-refractivity contribution is 7.83. The summed E-state index contributed by atoms with van der Waals surface area (Å²) in [6.07, 6.45) is 1.52. The Morgan fingerprint density at radius 3 is 2.50 bits per heavy atom. The Kier molecular flexibility index (Phi) is 6.61. The minimum atomic E-state index is -1.38. The monoisotopic (exact) mass is 295 g/mol. The molecular weight excluding hydrogens is 274 g/mol. The lowest BCUT2D eigenvalue weighted by atomic mass is 10.1. The van der Waals surface area contributed by atoms with Crippen molar-refractivity contribution in [1.29, 1.82) is 0 Å². The molecule has 110 valence electrons. The van der Waals surface area contributed by atoms with Crippen LogP contribution in [-0.2, 0) is 20.5 Å². The fraction of sp³-hybridized carbons (Fsp3) is 0.400. The van der Waals surface area contributed by atoms with Crippen LogP contribution in [0.3, 0.4) is 0 Å². The van der Waals surface area contributed by atoms with Crippen LogP contribution in [0.4, 0.5) is 0 Å². The number of carbonyl (C=O) groups is 1. The van der Waals surface area contributed by atoms with E-state index in [0.717, 1.165) is 12.0 Å². The van der Waals surface area contributed by atoms with Crippen molar-refractivity contribution in [3.05, 3.63) is 42.0 Å². The molecule has 4 nitrogen and oxygen atoms in total. The summed E-state index contributed by atoms with van der Waals surface area (Å²) in [4.78, 5) is 12.2. The first-order chi connectivity index (χ1) is 9.49. The highest BCUT2D eigenvalue weighted by Crippen LogP contribution is 2.13. The zero-order valence-corrected chi connectivity index (χ0v) is 13.0. The van der Waals surface area contributed by atoms with E-state index in [1.54, 1.807) is 0 Å². The van der Waals surface area contributed by atoms with Crippen molar-refractivity contribution in [2.75, 3.05) is 7.11 Å². The van der Waals surface area contributed by atoms with Gasteiger partial charge in [-0.3, -0.25) is 0 Å². The van der Waals surface area contributed by atoms with Crippen molar-refractivity contribution < 1.29 is 13.7 Å². The second-order valence-electron chi connectivity index (χ2n) is 4.56. The van der Waals surface area contributed by atoms with E-state index in [-0.39, 0.29) is 6.04 Å². The molecule has 0 spiro atoms. The average Bonchev–Trinajstić information content (AvgIpc) is 2.45. The minimum absolute atomic E-state index is 0.301. The molecule has 0 fully saturated rings. The lowest BCUT2D eigenvalue weighted by Crippen LogP contribution is -2.35. The van der Waals surface area contributed by atoms with E-state index in [2.05, 4.69) is 16.0 Å². The Morgan fingerprint density at radius 2 is 2.00 bits per heavy atom. The van der Waals surface area contributed by atoms with Crippen LogP contribution in [0.15, 0.2) is 41.3 Å². The molecule has 0 aliphatic heterocycles. The number of hydrogen-bond donors (Lipinski definition) is 1. The second kappa shape index (κ2) is 7.97. The number of nitrogens with one attached hydrogen (secondary N) is 1. The third-order valence-corrected chi connectivity index (χ3v) is 4.13. The minimum Gasteiger partial charge on any atom is -0.466 e. The van der Waals surface area contributed by atoms with Gasteiger partial charge in [0.25, 0.3) is 0 Å². The molecule has 2 atom stereocenters. The molecule has 5 heteroatoms. The molecule has 0 aliphatic carbocycles. The summed E-state index contributed by atoms with van der Waals surface area (Å²) >= 11 is 0. The van der Waals surface area contributed by atoms with Gasteiger partial charge < -0.3 is 4.74 Å². The van der Waals surface area contributed by atoms with Gasteiger partial charge in [0.2, 0.25) is 0 Å². The fourth-order valence-corrected chi connectivity index (χ4v) is 2.76. The number of methoxy groups -OCH3 is 1. The molecule has 1 aromatic carbocycles. The van der Waals surface area contributed by atoms with Gasteiger partial charge in [0.1, 0.15) is 11.0 Å². The number of ether oxygens (including phenoxy) is 1. The summed E-state index contributed by atoms with van der Waals surface area (Å²) in [6, 6.07) is 7.07. The SMILES string of the molecule is C=C(C(=O)OC)[C@H](CCC)N[S@@](=O)c1ccc(C)cc1. The lowest BCUT2D eigenvalue weighted by molar-refractivity contribution is -0.136. The second-order valence-corrected chi connectivity index (χ2v) is 5.80. The standard InChI is InChI=1S/C15H21NO3S/c1-5-6-14(12(3)15(17)19-4)16-20(18)13-9-7-11(2)8-10-13/h7-10,14,16H,3,5-6H2,1-2,4H3/t14-,20-/m0/s1. The molecule has 20 heavy (non-hydrogen) atoms. The molecule has 1 rings (SSSR count). The number of benzene rings is 1. The zero-order chi connectivity index (χ0) is 15.1. The topological polar surface area (TPSA) is 55.4 Å². The van der Waals surface area contributed by atoms with Crippen molar-refractivity contribution in [1.82, 2.24) is 4.72 Å². The Morgan fingerprint density at radius 1 is 1.40 bits per heavy atom. The molecule has 0 saturated heterocycles. The molecule has 0 heterocycles. The Bertz CT molecular complexity index is 496. The third kappa shape index (κ3) is 4.58. The van der Waals surface area contributed by atoms with Crippen molar-refractivity contribution in [3.8, 4) is 0 Å². The molecule has 1 N–H and O–H groups in total. The smallest absolute Gasteiger partial charge is 0.334 e. The largest absolute Gasteiger partial charge is 0.466 e. The van der Waals surface area contributed by atoms with Gasteiger partial charge in [0.05, 0.1) is 18.0 Å². The number of aryl methyl sites for hydroxylation is 1. The van der Waals surface area contributed by atoms with Crippen LogP contribution >= 0.6 is 0 Å². The molecule has 0 aromatic heterocycles. The molecule has 0 aliphatic rings. The number of rotatable bonds is 7. The Labute approximate surface area is 122 Å². The molecule has 1 aromatic rings. The molecule has 0 bridgehead atoms. The van der Waals surface area contributed by atoms with Crippen molar-refractivity contribution in [3.63, 3.8) is 0 Å². The van der Waals surface area contributed by atoms with Crippen molar-refractivity contribution in [2.45, 2.75) is 37.6 Å². The van der Waals surface area contributed by atoms with Gasteiger partial charge >= 0.3 is 5.97 Å². The van der Waals surface area contributed by atoms with Crippen LogP contribution < -0.4 is 4.72 Å². The van der Waals surface area contributed by atoms with Crippen LogP contribution in [0, 0.1) is 6.92 Å². The van der Waals surface area contributed by atoms with Crippen molar-refractivity contribution in [2.24, 2.45) is 0 Å². The van der Waals surface area contributed by atoms with Crippen molar-refractivity contribution >= 4 is 17.0 Å². The van der Waals surface area contributed by atoms with E-state index in [1.807, 2.05) is 38.1 Å². The van der Waals surface area contributed by atoms with Gasteiger partial charge in [0.15, 0.2) is 0 Å². The third-order valence-electron chi connectivity index (χ3n) is 2.93. The first-order valence-electron chi connectivity index (χ1n) is 6.51. The normalized spacial score (nSPS) is 13.6. The van der Waals surface area contributed by atoms with Crippen LogP contribution in [0.25, 0.3) is 0 Å². The Hall–Kier alpha value is -1.46. The summed E-state index contributed by atoms with van der Waals surface area (Å²) in [7, 11) is -0.0680. The van der Waals surface area contributed by atoms with Crippen LogP contribution in [0.5, 0.6) is 0 Å². The first-order valence-corrected chi connectivity index (χ1v) is 7.66. The van der Waals surface area contributed by atoms with E-state index >= 15 is 0 Å².